The lowest BCUT2D eigenvalue weighted by molar-refractivity contribution is 0.247. The SMILES string of the molecule is O=C(NCCOc1cccc(Cl)c1)Nc1c(Cl)cccc1Cl. The fourth-order valence-corrected chi connectivity index (χ4v) is 2.34. The first-order valence-corrected chi connectivity index (χ1v) is 7.57. The summed E-state index contributed by atoms with van der Waals surface area (Å²) < 4.78 is 5.46. The number of rotatable bonds is 5. The second-order valence-corrected chi connectivity index (χ2v) is 5.53. The molecule has 0 heterocycles. The van der Waals surface area contributed by atoms with Crippen LogP contribution in [0.4, 0.5) is 10.5 Å². The van der Waals surface area contributed by atoms with Crippen molar-refractivity contribution in [1.29, 1.82) is 0 Å². The van der Waals surface area contributed by atoms with E-state index in [2.05, 4.69) is 10.6 Å². The number of anilines is 1. The summed E-state index contributed by atoms with van der Waals surface area (Å²) in [6.07, 6.45) is 0. The summed E-state index contributed by atoms with van der Waals surface area (Å²) in [4.78, 5) is 11.8. The Hall–Kier alpha value is -1.62. The van der Waals surface area contributed by atoms with Gasteiger partial charge in [0, 0.05) is 5.02 Å². The van der Waals surface area contributed by atoms with Gasteiger partial charge in [0.25, 0.3) is 0 Å². The Morgan fingerprint density at radius 1 is 1.05 bits per heavy atom. The lowest BCUT2D eigenvalue weighted by Crippen LogP contribution is -2.32. The number of benzene rings is 2. The number of hydrogen-bond donors (Lipinski definition) is 2. The number of ether oxygens (including phenoxy) is 1. The molecular formula is C15H13Cl3N2O2. The Morgan fingerprint density at radius 2 is 1.73 bits per heavy atom. The highest BCUT2D eigenvalue weighted by Crippen LogP contribution is 2.29. The summed E-state index contributed by atoms with van der Waals surface area (Å²) in [6, 6.07) is 11.6. The normalized spacial score (nSPS) is 10.1. The number of para-hydroxylation sites is 1. The summed E-state index contributed by atoms with van der Waals surface area (Å²) in [6.45, 7) is 0.629. The molecule has 22 heavy (non-hydrogen) atoms. The van der Waals surface area contributed by atoms with Gasteiger partial charge in [-0.3, -0.25) is 0 Å². The van der Waals surface area contributed by atoms with E-state index < -0.39 is 6.03 Å². The second kappa shape index (κ2) is 8.13. The predicted molar refractivity (Wildman–Crippen MR) is 90.4 cm³/mol. The highest BCUT2D eigenvalue weighted by atomic mass is 35.5. The zero-order valence-electron chi connectivity index (χ0n) is 11.4. The molecule has 0 spiro atoms. The van der Waals surface area contributed by atoms with Crippen LogP contribution in [-0.2, 0) is 0 Å². The number of nitrogens with one attached hydrogen (secondary N) is 2. The third-order valence-electron chi connectivity index (χ3n) is 2.65. The first kappa shape index (κ1) is 16.7. The van der Waals surface area contributed by atoms with Gasteiger partial charge in [0.2, 0.25) is 0 Å². The molecule has 0 aliphatic heterocycles. The Kier molecular flexibility index (Phi) is 6.19. The molecule has 0 bridgehead atoms. The molecule has 0 unspecified atom stereocenters. The summed E-state index contributed by atoms with van der Waals surface area (Å²) in [7, 11) is 0. The minimum Gasteiger partial charge on any atom is -0.492 e. The lowest BCUT2D eigenvalue weighted by Gasteiger charge is -2.11. The van der Waals surface area contributed by atoms with Crippen molar-refractivity contribution in [3.05, 3.63) is 57.5 Å². The average molecular weight is 360 g/mol. The summed E-state index contributed by atoms with van der Waals surface area (Å²) in [5.41, 5.74) is 0.374. The molecule has 2 aromatic carbocycles. The Labute approximate surface area is 143 Å². The fourth-order valence-electron chi connectivity index (χ4n) is 1.67. The maximum atomic E-state index is 11.8. The Bertz CT molecular complexity index is 645. The molecule has 0 saturated heterocycles. The molecule has 2 N–H and O–H groups in total. The molecular weight excluding hydrogens is 347 g/mol. The Balaban J connectivity index is 1.76. The predicted octanol–water partition coefficient (Wildman–Crippen LogP) is 4.85. The molecule has 2 amide bonds. The van der Waals surface area contributed by atoms with Crippen LogP contribution in [0, 0.1) is 0 Å². The molecule has 0 aliphatic carbocycles. The van der Waals surface area contributed by atoms with E-state index in [1.807, 2.05) is 0 Å². The second-order valence-electron chi connectivity index (χ2n) is 4.28. The fraction of sp³-hybridized carbons (Fsp3) is 0.133. The van der Waals surface area contributed by atoms with Gasteiger partial charge in [0.05, 0.1) is 22.3 Å². The van der Waals surface area contributed by atoms with Crippen molar-refractivity contribution in [2.45, 2.75) is 0 Å². The molecule has 116 valence electrons. The van der Waals surface area contributed by atoms with E-state index in [0.717, 1.165) is 0 Å². The molecule has 4 nitrogen and oxygen atoms in total. The first-order valence-electron chi connectivity index (χ1n) is 6.43. The van der Waals surface area contributed by atoms with Crippen molar-refractivity contribution in [3.8, 4) is 5.75 Å². The van der Waals surface area contributed by atoms with Crippen LogP contribution in [0.15, 0.2) is 42.5 Å². The van der Waals surface area contributed by atoms with Gasteiger partial charge < -0.3 is 15.4 Å². The van der Waals surface area contributed by atoms with Crippen molar-refractivity contribution < 1.29 is 9.53 Å². The molecule has 2 rings (SSSR count). The molecule has 0 saturated carbocycles. The van der Waals surface area contributed by atoms with E-state index in [1.54, 1.807) is 42.5 Å². The topological polar surface area (TPSA) is 50.4 Å². The van der Waals surface area contributed by atoms with Crippen LogP contribution in [0.5, 0.6) is 5.75 Å². The van der Waals surface area contributed by atoms with Gasteiger partial charge >= 0.3 is 6.03 Å². The zero-order valence-corrected chi connectivity index (χ0v) is 13.7. The van der Waals surface area contributed by atoms with Crippen LogP contribution in [0.1, 0.15) is 0 Å². The van der Waals surface area contributed by atoms with Gasteiger partial charge in [-0.25, -0.2) is 4.79 Å². The van der Waals surface area contributed by atoms with E-state index in [0.29, 0.717) is 39.7 Å². The van der Waals surface area contributed by atoms with E-state index in [4.69, 9.17) is 39.5 Å². The number of halogens is 3. The number of carbonyl (C=O) groups is 1. The largest absolute Gasteiger partial charge is 0.492 e. The number of amides is 2. The molecule has 2 aromatic rings. The number of hydrogen-bond acceptors (Lipinski definition) is 2. The molecule has 0 aliphatic rings. The van der Waals surface area contributed by atoms with Gasteiger partial charge in [-0.2, -0.15) is 0 Å². The highest BCUT2D eigenvalue weighted by Gasteiger charge is 2.08. The smallest absolute Gasteiger partial charge is 0.319 e. The van der Waals surface area contributed by atoms with Crippen molar-refractivity contribution in [2.75, 3.05) is 18.5 Å². The van der Waals surface area contributed by atoms with E-state index in [9.17, 15) is 4.79 Å². The van der Waals surface area contributed by atoms with Crippen LogP contribution < -0.4 is 15.4 Å². The molecule has 7 heteroatoms. The maximum Gasteiger partial charge on any atom is 0.319 e. The van der Waals surface area contributed by atoms with Crippen LogP contribution >= 0.6 is 34.8 Å². The zero-order chi connectivity index (χ0) is 15.9. The molecule has 0 atom stereocenters. The van der Waals surface area contributed by atoms with Gasteiger partial charge in [0.1, 0.15) is 12.4 Å². The first-order chi connectivity index (χ1) is 10.6. The van der Waals surface area contributed by atoms with Gasteiger partial charge in [-0.15, -0.1) is 0 Å². The third kappa shape index (κ3) is 4.98. The highest BCUT2D eigenvalue weighted by molar-refractivity contribution is 6.39. The number of urea groups is 1. The number of carbonyl (C=O) groups excluding carboxylic acids is 1. The molecule has 0 aromatic heterocycles. The molecule has 0 fully saturated rings. The van der Waals surface area contributed by atoms with Gasteiger partial charge in [-0.05, 0) is 30.3 Å². The monoisotopic (exact) mass is 358 g/mol. The van der Waals surface area contributed by atoms with E-state index >= 15 is 0 Å². The third-order valence-corrected chi connectivity index (χ3v) is 3.52. The Morgan fingerprint density at radius 3 is 2.41 bits per heavy atom. The van der Waals surface area contributed by atoms with Crippen LogP contribution in [0.3, 0.4) is 0 Å². The summed E-state index contributed by atoms with van der Waals surface area (Å²) in [5.74, 6) is 0.642. The van der Waals surface area contributed by atoms with Crippen molar-refractivity contribution >= 4 is 46.5 Å². The van der Waals surface area contributed by atoms with E-state index in [1.165, 1.54) is 0 Å². The molecule has 0 radical (unpaired) electrons. The summed E-state index contributed by atoms with van der Waals surface area (Å²) >= 11 is 17.8. The lowest BCUT2D eigenvalue weighted by atomic mass is 10.3. The van der Waals surface area contributed by atoms with E-state index in [-0.39, 0.29) is 0 Å². The van der Waals surface area contributed by atoms with Crippen molar-refractivity contribution in [3.63, 3.8) is 0 Å². The van der Waals surface area contributed by atoms with Crippen LogP contribution in [0.25, 0.3) is 0 Å². The standard InChI is InChI=1S/C15H13Cl3N2O2/c16-10-3-1-4-11(9-10)22-8-7-19-15(21)20-14-12(17)5-2-6-13(14)18/h1-6,9H,7-8H2,(H2,19,20,21). The van der Waals surface area contributed by atoms with Gasteiger partial charge in [0.15, 0.2) is 0 Å². The van der Waals surface area contributed by atoms with Gasteiger partial charge in [-0.1, -0.05) is 46.9 Å². The van der Waals surface area contributed by atoms with Crippen LogP contribution in [-0.4, -0.2) is 19.2 Å². The van der Waals surface area contributed by atoms with Crippen LogP contribution in [0.2, 0.25) is 15.1 Å². The van der Waals surface area contributed by atoms with Crippen molar-refractivity contribution in [2.24, 2.45) is 0 Å². The van der Waals surface area contributed by atoms with Crippen molar-refractivity contribution in [1.82, 2.24) is 5.32 Å². The average Bonchev–Trinajstić information content (AvgIpc) is 2.48. The summed E-state index contributed by atoms with van der Waals surface area (Å²) in [5, 5.41) is 6.58. The minimum absolute atomic E-state index is 0.310. The quantitative estimate of drug-likeness (QED) is 0.750. The maximum absolute atomic E-state index is 11.8. The minimum atomic E-state index is -0.412.